The van der Waals surface area contributed by atoms with E-state index in [9.17, 15) is 0 Å². The SMILES string of the molecule is CNC(C)CCCN1CCC2(CCCC2)CC1. The van der Waals surface area contributed by atoms with Crippen LogP contribution in [0.15, 0.2) is 0 Å². The van der Waals surface area contributed by atoms with Gasteiger partial charge in [0.25, 0.3) is 0 Å². The van der Waals surface area contributed by atoms with Gasteiger partial charge in [-0.05, 0) is 77.5 Å². The molecule has 0 bridgehead atoms. The molecule has 0 aromatic carbocycles. The Balaban J connectivity index is 1.62. The van der Waals surface area contributed by atoms with Crippen molar-refractivity contribution in [3.05, 3.63) is 0 Å². The molecule has 1 aliphatic carbocycles. The Morgan fingerprint density at radius 3 is 2.35 bits per heavy atom. The first-order chi connectivity index (χ1) is 8.24. The van der Waals surface area contributed by atoms with E-state index in [2.05, 4.69) is 24.2 Å². The molecular weight excluding hydrogens is 208 g/mol. The van der Waals surface area contributed by atoms with E-state index in [0.717, 1.165) is 5.41 Å². The molecule has 1 unspecified atom stereocenters. The predicted octanol–water partition coefficient (Wildman–Crippen LogP) is 3.03. The molecule has 2 nitrogen and oxygen atoms in total. The standard InChI is InChI=1S/C15H30N2/c1-14(16-2)6-5-11-17-12-9-15(10-13-17)7-3-4-8-15/h14,16H,3-13H2,1-2H3. The van der Waals surface area contributed by atoms with Crippen molar-refractivity contribution in [2.24, 2.45) is 5.41 Å². The lowest BCUT2D eigenvalue weighted by Crippen LogP contribution is -2.39. The molecule has 2 heteroatoms. The van der Waals surface area contributed by atoms with Gasteiger partial charge in [0.1, 0.15) is 0 Å². The van der Waals surface area contributed by atoms with Crippen LogP contribution in [0.2, 0.25) is 0 Å². The van der Waals surface area contributed by atoms with Crippen molar-refractivity contribution in [1.29, 1.82) is 0 Å². The minimum absolute atomic E-state index is 0.681. The van der Waals surface area contributed by atoms with Crippen LogP contribution in [0.5, 0.6) is 0 Å². The van der Waals surface area contributed by atoms with Gasteiger partial charge >= 0.3 is 0 Å². The molecule has 1 spiro atoms. The fourth-order valence-corrected chi connectivity index (χ4v) is 3.64. The number of nitrogens with one attached hydrogen (secondary N) is 1. The summed E-state index contributed by atoms with van der Waals surface area (Å²) in [7, 11) is 2.06. The summed E-state index contributed by atoms with van der Waals surface area (Å²) < 4.78 is 0. The van der Waals surface area contributed by atoms with Crippen LogP contribution in [-0.4, -0.2) is 37.6 Å². The van der Waals surface area contributed by atoms with Crippen LogP contribution in [0.4, 0.5) is 0 Å². The molecule has 1 atom stereocenters. The molecule has 0 amide bonds. The van der Waals surface area contributed by atoms with Gasteiger partial charge in [-0.2, -0.15) is 0 Å². The van der Waals surface area contributed by atoms with Gasteiger partial charge in [0, 0.05) is 6.04 Å². The molecule has 1 saturated carbocycles. The van der Waals surface area contributed by atoms with Crippen LogP contribution in [0, 0.1) is 5.41 Å². The number of likely N-dealkylation sites (tertiary alicyclic amines) is 1. The normalized spacial score (nSPS) is 26.5. The second-order valence-electron chi connectivity index (χ2n) is 6.38. The smallest absolute Gasteiger partial charge is 0.00362 e. The van der Waals surface area contributed by atoms with Gasteiger partial charge in [-0.25, -0.2) is 0 Å². The largest absolute Gasteiger partial charge is 0.317 e. The fourth-order valence-electron chi connectivity index (χ4n) is 3.64. The topological polar surface area (TPSA) is 15.3 Å². The molecule has 0 radical (unpaired) electrons. The summed E-state index contributed by atoms with van der Waals surface area (Å²) in [5.74, 6) is 0. The molecule has 2 rings (SSSR count). The number of rotatable bonds is 5. The first-order valence-electron chi connectivity index (χ1n) is 7.64. The summed E-state index contributed by atoms with van der Waals surface area (Å²) in [5.41, 5.74) is 0.786. The first kappa shape index (κ1) is 13.4. The van der Waals surface area contributed by atoms with E-state index in [1.54, 1.807) is 0 Å². The molecule has 1 N–H and O–H groups in total. The average Bonchev–Trinajstić information content (AvgIpc) is 2.80. The van der Waals surface area contributed by atoms with Crippen LogP contribution < -0.4 is 5.32 Å². The third-order valence-electron chi connectivity index (χ3n) is 5.19. The third-order valence-corrected chi connectivity index (χ3v) is 5.19. The highest BCUT2D eigenvalue weighted by molar-refractivity contribution is 4.89. The highest BCUT2D eigenvalue weighted by Gasteiger charge is 2.36. The summed E-state index contributed by atoms with van der Waals surface area (Å²) in [6.45, 7) is 6.34. The fraction of sp³-hybridized carbons (Fsp3) is 1.00. The minimum atomic E-state index is 0.681. The zero-order valence-electron chi connectivity index (χ0n) is 11.8. The van der Waals surface area contributed by atoms with E-state index in [4.69, 9.17) is 0 Å². The lowest BCUT2D eigenvalue weighted by atomic mass is 9.77. The van der Waals surface area contributed by atoms with Gasteiger partial charge in [-0.3, -0.25) is 0 Å². The molecule has 1 aliphatic heterocycles. The van der Waals surface area contributed by atoms with Crippen molar-refractivity contribution in [2.75, 3.05) is 26.7 Å². The molecule has 100 valence electrons. The van der Waals surface area contributed by atoms with Crippen molar-refractivity contribution >= 4 is 0 Å². The van der Waals surface area contributed by atoms with Gasteiger partial charge in [-0.1, -0.05) is 12.8 Å². The number of piperidine rings is 1. The van der Waals surface area contributed by atoms with Crippen LogP contribution in [0.3, 0.4) is 0 Å². The lowest BCUT2D eigenvalue weighted by Gasteiger charge is -2.39. The molecule has 1 heterocycles. The van der Waals surface area contributed by atoms with E-state index in [1.165, 1.54) is 71.0 Å². The highest BCUT2D eigenvalue weighted by Crippen LogP contribution is 2.46. The second kappa shape index (κ2) is 6.19. The van der Waals surface area contributed by atoms with E-state index in [0.29, 0.717) is 6.04 Å². The summed E-state index contributed by atoms with van der Waals surface area (Å²) in [4.78, 5) is 2.70. The second-order valence-corrected chi connectivity index (χ2v) is 6.38. The van der Waals surface area contributed by atoms with Crippen molar-refractivity contribution in [1.82, 2.24) is 10.2 Å². The van der Waals surface area contributed by atoms with E-state index >= 15 is 0 Å². The monoisotopic (exact) mass is 238 g/mol. The molecule has 1 saturated heterocycles. The van der Waals surface area contributed by atoms with Crippen LogP contribution in [0.1, 0.15) is 58.3 Å². The molecular formula is C15H30N2. The zero-order valence-corrected chi connectivity index (χ0v) is 11.8. The van der Waals surface area contributed by atoms with E-state index in [-0.39, 0.29) is 0 Å². The van der Waals surface area contributed by atoms with Gasteiger partial charge < -0.3 is 10.2 Å². The van der Waals surface area contributed by atoms with Crippen molar-refractivity contribution in [2.45, 2.75) is 64.3 Å². The maximum atomic E-state index is 3.32. The molecule has 2 aliphatic rings. The molecule has 0 aromatic heterocycles. The quantitative estimate of drug-likeness (QED) is 0.792. The van der Waals surface area contributed by atoms with E-state index in [1.807, 2.05) is 0 Å². The maximum Gasteiger partial charge on any atom is 0.00362 e. The average molecular weight is 238 g/mol. The van der Waals surface area contributed by atoms with Gasteiger partial charge in [0.2, 0.25) is 0 Å². The maximum absolute atomic E-state index is 3.32. The Morgan fingerprint density at radius 2 is 1.76 bits per heavy atom. The van der Waals surface area contributed by atoms with Crippen LogP contribution in [-0.2, 0) is 0 Å². The zero-order chi connectivity index (χ0) is 12.1. The Labute approximate surface area is 107 Å². The summed E-state index contributed by atoms with van der Waals surface area (Å²) >= 11 is 0. The van der Waals surface area contributed by atoms with Crippen molar-refractivity contribution < 1.29 is 0 Å². The molecule has 17 heavy (non-hydrogen) atoms. The van der Waals surface area contributed by atoms with Gasteiger partial charge in [0.05, 0.1) is 0 Å². The number of hydrogen-bond donors (Lipinski definition) is 1. The first-order valence-corrected chi connectivity index (χ1v) is 7.64. The predicted molar refractivity (Wildman–Crippen MR) is 74.3 cm³/mol. The van der Waals surface area contributed by atoms with Crippen molar-refractivity contribution in [3.63, 3.8) is 0 Å². The Bertz CT molecular complexity index is 211. The minimum Gasteiger partial charge on any atom is -0.317 e. The van der Waals surface area contributed by atoms with Crippen LogP contribution in [0.25, 0.3) is 0 Å². The Hall–Kier alpha value is -0.0800. The molecule has 2 fully saturated rings. The Morgan fingerprint density at radius 1 is 1.12 bits per heavy atom. The van der Waals surface area contributed by atoms with Crippen LogP contribution >= 0.6 is 0 Å². The van der Waals surface area contributed by atoms with Gasteiger partial charge in [-0.15, -0.1) is 0 Å². The highest BCUT2D eigenvalue weighted by atomic mass is 15.1. The summed E-state index contributed by atoms with van der Waals surface area (Å²) in [5, 5.41) is 3.32. The Kier molecular flexibility index (Phi) is 4.87. The lowest BCUT2D eigenvalue weighted by molar-refractivity contribution is 0.107. The summed E-state index contributed by atoms with van der Waals surface area (Å²) in [6.07, 6.45) is 11.7. The number of hydrogen-bond acceptors (Lipinski definition) is 2. The van der Waals surface area contributed by atoms with Crippen molar-refractivity contribution in [3.8, 4) is 0 Å². The van der Waals surface area contributed by atoms with Gasteiger partial charge in [0.15, 0.2) is 0 Å². The summed E-state index contributed by atoms with van der Waals surface area (Å²) in [6, 6.07) is 0.681. The number of nitrogens with zero attached hydrogens (tertiary/aromatic N) is 1. The van der Waals surface area contributed by atoms with E-state index < -0.39 is 0 Å². The molecule has 0 aromatic rings. The third kappa shape index (κ3) is 3.69.